The van der Waals surface area contributed by atoms with Gasteiger partial charge in [0.15, 0.2) is 0 Å². The maximum absolute atomic E-state index is 12.2. The Morgan fingerprint density at radius 2 is 2.07 bits per heavy atom. The van der Waals surface area contributed by atoms with Crippen molar-refractivity contribution in [3.63, 3.8) is 0 Å². The summed E-state index contributed by atoms with van der Waals surface area (Å²) in [4.78, 5) is 26.7. The summed E-state index contributed by atoms with van der Waals surface area (Å²) in [6.07, 6.45) is 4.43. The van der Waals surface area contributed by atoms with E-state index in [1.165, 1.54) is 37.3 Å². The third kappa shape index (κ3) is 7.21. The van der Waals surface area contributed by atoms with Crippen molar-refractivity contribution < 1.29 is 9.59 Å². The van der Waals surface area contributed by atoms with Gasteiger partial charge in [0.2, 0.25) is 10.9 Å². The molecule has 0 radical (unpaired) electrons. The topological polar surface area (TPSA) is 87.2 Å². The lowest BCUT2D eigenvalue weighted by atomic mass is 10.0. The summed E-state index contributed by atoms with van der Waals surface area (Å²) in [7, 11) is 0. The standard InChI is InChI=1S/C21H29N5O2S/c1-16-7-5-13-26(15-16)14-6-12-22-18(27)10-11-19-24-25-21(29-19)20(28)23-17-8-3-2-4-9-17/h2-4,8-9,16H,5-7,10-15H2,1H3,(H,22,27)(H,23,28)/t16-/m1/s1. The molecule has 8 heteroatoms. The Hall–Kier alpha value is -2.32. The van der Waals surface area contributed by atoms with Gasteiger partial charge in [-0.15, -0.1) is 10.2 Å². The second-order valence-corrected chi connectivity index (χ2v) is 8.63. The van der Waals surface area contributed by atoms with Crippen LogP contribution >= 0.6 is 11.3 Å². The Labute approximate surface area is 175 Å². The first kappa shape index (κ1) is 21.4. The molecule has 2 aromatic rings. The van der Waals surface area contributed by atoms with Crippen molar-refractivity contribution in [2.75, 3.05) is 31.5 Å². The molecule has 29 heavy (non-hydrogen) atoms. The second-order valence-electron chi connectivity index (χ2n) is 7.57. The van der Waals surface area contributed by atoms with Crippen LogP contribution in [0.15, 0.2) is 30.3 Å². The number of aryl methyl sites for hydroxylation is 1. The fraction of sp³-hybridized carbons (Fsp3) is 0.524. The average molecular weight is 416 g/mol. The highest BCUT2D eigenvalue weighted by Gasteiger charge is 2.16. The molecule has 0 saturated carbocycles. The number of anilines is 1. The number of carbonyl (C=O) groups is 2. The molecule has 2 amide bonds. The van der Waals surface area contributed by atoms with E-state index < -0.39 is 0 Å². The zero-order valence-corrected chi connectivity index (χ0v) is 17.7. The number of para-hydroxylation sites is 1. The fourth-order valence-electron chi connectivity index (χ4n) is 3.48. The van der Waals surface area contributed by atoms with E-state index in [4.69, 9.17) is 0 Å². The maximum Gasteiger partial charge on any atom is 0.286 e. The lowest BCUT2D eigenvalue weighted by Crippen LogP contribution is -2.36. The van der Waals surface area contributed by atoms with Crippen molar-refractivity contribution in [1.29, 1.82) is 0 Å². The minimum Gasteiger partial charge on any atom is -0.356 e. The first-order valence-corrected chi connectivity index (χ1v) is 11.1. The van der Waals surface area contributed by atoms with E-state index in [1.807, 2.05) is 30.3 Å². The predicted octanol–water partition coefficient (Wildman–Crippen LogP) is 2.96. The van der Waals surface area contributed by atoms with Gasteiger partial charge >= 0.3 is 0 Å². The molecule has 0 spiro atoms. The molecule has 3 rings (SSSR count). The van der Waals surface area contributed by atoms with Crippen LogP contribution in [0.25, 0.3) is 0 Å². The van der Waals surface area contributed by atoms with Crippen LogP contribution in [0.2, 0.25) is 0 Å². The van der Waals surface area contributed by atoms with Gasteiger partial charge in [-0.3, -0.25) is 9.59 Å². The van der Waals surface area contributed by atoms with Crippen LogP contribution in [0.3, 0.4) is 0 Å². The number of nitrogens with one attached hydrogen (secondary N) is 2. The van der Waals surface area contributed by atoms with Crippen LogP contribution in [0.1, 0.15) is 47.4 Å². The number of piperidine rings is 1. The van der Waals surface area contributed by atoms with Crippen molar-refractivity contribution in [2.45, 2.75) is 39.0 Å². The van der Waals surface area contributed by atoms with Crippen LogP contribution in [0.4, 0.5) is 5.69 Å². The van der Waals surface area contributed by atoms with Crippen LogP contribution in [0.5, 0.6) is 0 Å². The number of rotatable bonds is 9. The van der Waals surface area contributed by atoms with E-state index in [-0.39, 0.29) is 11.8 Å². The number of hydrogen-bond acceptors (Lipinski definition) is 6. The predicted molar refractivity (Wildman–Crippen MR) is 115 cm³/mol. The Morgan fingerprint density at radius 1 is 1.24 bits per heavy atom. The molecule has 2 N–H and O–H groups in total. The molecule has 1 fully saturated rings. The number of carbonyl (C=O) groups excluding carboxylic acids is 2. The zero-order valence-electron chi connectivity index (χ0n) is 16.9. The summed E-state index contributed by atoms with van der Waals surface area (Å²) >= 11 is 1.23. The molecule has 156 valence electrons. The number of likely N-dealkylation sites (tertiary alicyclic amines) is 1. The Kier molecular flexibility index (Phi) is 8.13. The summed E-state index contributed by atoms with van der Waals surface area (Å²) in [5.41, 5.74) is 0.715. The number of benzene rings is 1. The molecular weight excluding hydrogens is 386 g/mol. The molecule has 0 bridgehead atoms. The molecule has 7 nitrogen and oxygen atoms in total. The molecule has 1 atom stereocenters. The molecule has 1 aromatic carbocycles. The molecule has 0 unspecified atom stereocenters. The van der Waals surface area contributed by atoms with E-state index in [9.17, 15) is 9.59 Å². The number of aromatic nitrogens is 2. The lowest BCUT2D eigenvalue weighted by molar-refractivity contribution is -0.121. The Morgan fingerprint density at radius 3 is 2.86 bits per heavy atom. The summed E-state index contributed by atoms with van der Waals surface area (Å²) in [5, 5.41) is 14.7. The number of amides is 2. The van der Waals surface area contributed by atoms with Gasteiger partial charge in [-0.25, -0.2) is 0 Å². The smallest absolute Gasteiger partial charge is 0.286 e. The third-order valence-electron chi connectivity index (χ3n) is 4.97. The van der Waals surface area contributed by atoms with E-state index in [0.29, 0.717) is 35.1 Å². The zero-order chi connectivity index (χ0) is 20.5. The first-order chi connectivity index (χ1) is 14.1. The van der Waals surface area contributed by atoms with Gasteiger partial charge in [-0.2, -0.15) is 0 Å². The molecule has 1 aliphatic heterocycles. The van der Waals surface area contributed by atoms with Gasteiger partial charge < -0.3 is 15.5 Å². The average Bonchev–Trinajstić information content (AvgIpc) is 3.20. The minimum atomic E-state index is -0.281. The molecular formula is C21H29N5O2S. The van der Waals surface area contributed by atoms with Crippen molar-refractivity contribution in [3.05, 3.63) is 40.3 Å². The minimum absolute atomic E-state index is 0.0162. The highest BCUT2D eigenvalue weighted by Crippen LogP contribution is 2.16. The number of nitrogens with zero attached hydrogens (tertiary/aromatic N) is 3. The lowest BCUT2D eigenvalue weighted by Gasteiger charge is -2.30. The maximum atomic E-state index is 12.2. The van der Waals surface area contributed by atoms with Crippen molar-refractivity contribution >= 4 is 28.8 Å². The van der Waals surface area contributed by atoms with Gasteiger partial charge in [0, 0.05) is 31.6 Å². The fourth-order valence-corrected chi connectivity index (χ4v) is 4.22. The van der Waals surface area contributed by atoms with Crippen LogP contribution in [-0.2, 0) is 11.2 Å². The Bertz CT molecular complexity index is 795. The van der Waals surface area contributed by atoms with Gasteiger partial charge in [0.1, 0.15) is 5.01 Å². The number of hydrogen-bond donors (Lipinski definition) is 2. The van der Waals surface area contributed by atoms with Gasteiger partial charge in [0.05, 0.1) is 0 Å². The highest BCUT2D eigenvalue weighted by atomic mass is 32.1. The van der Waals surface area contributed by atoms with Crippen molar-refractivity contribution in [2.24, 2.45) is 5.92 Å². The van der Waals surface area contributed by atoms with E-state index in [0.717, 1.165) is 18.9 Å². The second kappa shape index (κ2) is 11.0. The third-order valence-corrected chi connectivity index (χ3v) is 5.95. The van der Waals surface area contributed by atoms with Gasteiger partial charge in [0.25, 0.3) is 5.91 Å². The molecule has 1 aliphatic rings. The van der Waals surface area contributed by atoms with E-state index >= 15 is 0 Å². The van der Waals surface area contributed by atoms with Crippen molar-refractivity contribution in [1.82, 2.24) is 20.4 Å². The molecule has 0 aliphatic carbocycles. The van der Waals surface area contributed by atoms with Crippen LogP contribution in [0, 0.1) is 5.92 Å². The van der Waals surface area contributed by atoms with Crippen LogP contribution < -0.4 is 10.6 Å². The van der Waals surface area contributed by atoms with E-state index in [1.54, 1.807) is 0 Å². The quantitative estimate of drug-likeness (QED) is 0.615. The summed E-state index contributed by atoms with van der Waals surface area (Å²) in [6.45, 7) is 6.39. The Balaban J connectivity index is 1.32. The highest BCUT2D eigenvalue weighted by molar-refractivity contribution is 7.13. The summed E-state index contributed by atoms with van der Waals surface area (Å²) in [6, 6.07) is 9.23. The SMILES string of the molecule is C[C@@H]1CCCN(CCCNC(=O)CCc2nnc(C(=O)Nc3ccccc3)s2)C1. The first-order valence-electron chi connectivity index (χ1n) is 10.3. The normalized spacial score (nSPS) is 17.1. The molecule has 1 aromatic heterocycles. The van der Waals surface area contributed by atoms with E-state index in [2.05, 4.69) is 32.7 Å². The van der Waals surface area contributed by atoms with Crippen LogP contribution in [-0.4, -0.2) is 53.1 Å². The molecule has 1 saturated heterocycles. The van der Waals surface area contributed by atoms with Crippen molar-refractivity contribution in [3.8, 4) is 0 Å². The summed E-state index contributed by atoms with van der Waals surface area (Å²) < 4.78 is 0. The largest absolute Gasteiger partial charge is 0.356 e. The summed E-state index contributed by atoms with van der Waals surface area (Å²) in [5.74, 6) is 0.517. The van der Waals surface area contributed by atoms with Gasteiger partial charge in [-0.05, 0) is 50.4 Å². The monoisotopic (exact) mass is 415 g/mol. The molecule has 2 heterocycles. The van der Waals surface area contributed by atoms with Gasteiger partial charge in [-0.1, -0.05) is 36.5 Å².